The van der Waals surface area contributed by atoms with E-state index < -0.39 is 0 Å². The molecular weight excluding hydrogens is 851 g/mol. The number of hydrogen-bond acceptors (Lipinski definition) is 2. The Bertz CT molecular complexity index is 4190. The first-order valence-electron chi connectivity index (χ1n) is 24.1. The predicted octanol–water partition coefficient (Wildman–Crippen LogP) is 16.2. The zero-order valence-electron chi connectivity index (χ0n) is 38.0. The van der Waals surface area contributed by atoms with Gasteiger partial charge in [0, 0.05) is 80.2 Å². The highest BCUT2D eigenvalue weighted by molar-refractivity contribution is 6.15. The Labute approximate surface area is 404 Å². The molecule has 0 saturated heterocycles. The van der Waals surface area contributed by atoms with E-state index >= 15 is 0 Å². The summed E-state index contributed by atoms with van der Waals surface area (Å²) in [6.07, 6.45) is 10.9. The molecular formula is C65H42N5+. The van der Waals surface area contributed by atoms with Crippen molar-refractivity contribution in [3.05, 3.63) is 249 Å². The molecule has 0 saturated carbocycles. The van der Waals surface area contributed by atoms with Crippen molar-refractivity contribution in [1.82, 2.24) is 18.7 Å². The van der Waals surface area contributed by atoms with Crippen LogP contribution in [-0.4, -0.2) is 25.9 Å². The van der Waals surface area contributed by atoms with E-state index in [-0.39, 0.29) is 6.04 Å². The minimum Gasteiger partial charge on any atom is -0.319 e. The highest BCUT2D eigenvalue weighted by Gasteiger charge is 2.41. The molecule has 326 valence electrons. The smallest absolute Gasteiger partial charge is 0.236 e. The summed E-state index contributed by atoms with van der Waals surface area (Å²) in [5.74, 6) is 0. The molecule has 2 aliphatic carbocycles. The van der Waals surface area contributed by atoms with Crippen LogP contribution >= 0.6 is 0 Å². The van der Waals surface area contributed by atoms with Crippen molar-refractivity contribution in [2.24, 2.45) is 0 Å². The van der Waals surface area contributed by atoms with Gasteiger partial charge in [0.05, 0.1) is 27.8 Å². The average Bonchev–Trinajstić information content (AvgIpc) is 3.95. The van der Waals surface area contributed by atoms with Gasteiger partial charge in [-0.1, -0.05) is 146 Å². The number of nitrogens with zero attached hydrogens (tertiary/aromatic N) is 5. The minimum absolute atomic E-state index is 0.0414. The highest BCUT2D eigenvalue weighted by Crippen LogP contribution is 2.53. The maximum absolute atomic E-state index is 5.29. The quantitative estimate of drug-likeness (QED) is 0.165. The van der Waals surface area contributed by atoms with Crippen molar-refractivity contribution in [3.8, 4) is 56.0 Å². The van der Waals surface area contributed by atoms with Crippen molar-refractivity contribution in [3.63, 3.8) is 0 Å². The average molecular weight is 893 g/mol. The van der Waals surface area contributed by atoms with Gasteiger partial charge in [0.1, 0.15) is 11.7 Å². The SMILES string of the molecule is C1=CC2=[N+](c3ccccc3)c3cc4c(cc3N(c3ccccc3)C2C=C1)-c1ncccc1-c1ccccc1-c1ccc(-n2c3ccccc3c3cc(-n5c6ccccc6c6ccccc65)ccc32)cc1-4. The van der Waals surface area contributed by atoms with Crippen molar-refractivity contribution in [1.29, 1.82) is 0 Å². The van der Waals surface area contributed by atoms with Crippen LogP contribution in [0.4, 0.5) is 22.7 Å². The Morgan fingerprint density at radius 2 is 0.943 bits per heavy atom. The second-order valence-corrected chi connectivity index (χ2v) is 18.5. The molecule has 3 aromatic heterocycles. The lowest BCUT2D eigenvalue weighted by atomic mass is 9.81. The number of anilines is 2. The summed E-state index contributed by atoms with van der Waals surface area (Å²) in [4.78, 5) is 7.79. The van der Waals surface area contributed by atoms with E-state index in [0.29, 0.717) is 0 Å². The maximum atomic E-state index is 5.29. The zero-order valence-corrected chi connectivity index (χ0v) is 38.0. The van der Waals surface area contributed by atoms with Crippen LogP contribution in [0.25, 0.3) is 99.6 Å². The van der Waals surface area contributed by atoms with Crippen LogP contribution in [0.1, 0.15) is 0 Å². The number of para-hydroxylation sites is 5. The van der Waals surface area contributed by atoms with Gasteiger partial charge in [-0.3, -0.25) is 4.98 Å². The molecule has 0 N–H and O–H groups in total. The second-order valence-electron chi connectivity index (χ2n) is 18.5. The van der Waals surface area contributed by atoms with Crippen molar-refractivity contribution >= 4 is 72.1 Å². The highest BCUT2D eigenvalue weighted by atomic mass is 15.2. The molecule has 0 amide bonds. The van der Waals surface area contributed by atoms with Gasteiger partial charge >= 0.3 is 0 Å². The van der Waals surface area contributed by atoms with Gasteiger partial charge in [-0.15, -0.1) is 0 Å². The van der Waals surface area contributed by atoms with E-state index in [4.69, 9.17) is 4.98 Å². The Morgan fingerprint density at radius 3 is 1.67 bits per heavy atom. The van der Waals surface area contributed by atoms with Crippen LogP contribution in [0.3, 0.4) is 0 Å². The largest absolute Gasteiger partial charge is 0.319 e. The molecule has 70 heavy (non-hydrogen) atoms. The summed E-state index contributed by atoms with van der Waals surface area (Å²) < 4.78 is 7.35. The van der Waals surface area contributed by atoms with Gasteiger partial charge in [-0.25, -0.2) is 0 Å². The zero-order chi connectivity index (χ0) is 45.9. The number of hydrogen-bond donors (Lipinski definition) is 0. The summed E-state index contributed by atoms with van der Waals surface area (Å²) in [6, 6.07) is 80.1. The van der Waals surface area contributed by atoms with Crippen LogP contribution in [0.2, 0.25) is 0 Å². The molecule has 0 bridgehead atoms. The van der Waals surface area contributed by atoms with Crippen LogP contribution < -0.4 is 9.48 Å². The summed E-state index contributed by atoms with van der Waals surface area (Å²) in [5, 5.41) is 4.94. The monoisotopic (exact) mass is 892 g/mol. The Hall–Kier alpha value is -9.32. The molecule has 4 heterocycles. The van der Waals surface area contributed by atoms with Gasteiger partial charge in [-0.2, -0.15) is 4.58 Å². The Morgan fingerprint density at radius 1 is 0.386 bits per heavy atom. The number of pyridine rings is 1. The molecule has 0 radical (unpaired) electrons. The molecule has 1 atom stereocenters. The number of rotatable bonds is 4. The second kappa shape index (κ2) is 15.1. The van der Waals surface area contributed by atoms with Crippen LogP contribution in [0.5, 0.6) is 0 Å². The Balaban J connectivity index is 1.02. The molecule has 0 fully saturated rings. The van der Waals surface area contributed by atoms with Crippen molar-refractivity contribution in [2.45, 2.75) is 6.04 Å². The maximum Gasteiger partial charge on any atom is 0.236 e. The van der Waals surface area contributed by atoms with Gasteiger partial charge in [0.25, 0.3) is 0 Å². The van der Waals surface area contributed by atoms with Crippen LogP contribution in [0, 0.1) is 0 Å². The lowest BCUT2D eigenvalue weighted by Crippen LogP contribution is -2.44. The van der Waals surface area contributed by atoms with E-state index in [9.17, 15) is 0 Å². The summed E-state index contributed by atoms with van der Waals surface area (Å²) >= 11 is 0. The third-order valence-corrected chi connectivity index (χ3v) is 14.8. The minimum atomic E-state index is -0.0414. The molecule has 5 heteroatoms. The number of allylic oxidation sites excluding steroid dienone is 2. The van der Waals surface area contributed by atoms with Gasteiger partial charge in [0.15, 0.2) is 0 Å². The summed E-state index contributed by atoms with van der Waals surface area (Å²) in [5.41, 5.74) is 21.6. The first-order valence-corrected chi connectivity index (χ1v) is 24.1. The van der Waals surface area contributed by atoms with Crippen molar-refractivity contribution < 1.29 is 0 Å². The molecule has 5 nitrogen and oxygen atoms in total. The van der Waals surface area contributed by atoms with E-state index in [2.05, 4.69) is 261 Å². The van der Waals surface area contributed by atoms with Gasteiger partial charge in [0.2, 0.25) is 17.1 Å². The van der Waals surface area contributed by atoms with Gasteiger partial charge in [-0.05, 0) is 101 Å². The molecule has 15 rings (SSSR count). The number of benzene rings is 9. The lowest BCUT2D eigenvalue weighted by molar-refractivity contribution is 0.897. The normalized spacial score (nSPS) is 14.5. The number of fused-ring (bicyclic) bond motifs is 16. The molecule has 9 aromatic carbocycles. The fraction of sp³-hybridized carbons (Fsp3) is 0.0154. The molecule has 3 aliphatic rings. The van der Waals surface area contributed by atoms with Crippen molar-refractivity contribution in [2.75, 3.05) is 4.90 Å². The van der Waals surface area contributed by atoms with E-state index in [1.54, 1.807) is 0 Å². The summed E-state index contributed by atoms with van der Waals surface area (Å²) in [6.45, 7) is 0. The topological polar surface area (TPSA) is 29.0 Å². The van der Waals surface area contributed by atoms with Crippen LogP contribution in [0.15, 0.2) is 249 Å². The standard InChI is InChI=1S/C65H42N5/c1-3-18-42(19-4-1)67-61-31-15-16-32-62(61)68(43-20-5-2-6-21-43)64-41-56-54(40-63(64)67)53-38-44(33-35-48(53)46-22-7-8-23-47(46)52-27-17-37-66-65(52)56)70-59-30-14-11-26-51(59)55-39-45(34-36-60(55)70)69-57-28-12-9-24-49(57)50-25-10-13-29-58(50)69/h1-41,62H/q+1. The molecule has 1 unspecified atom stereocenters. The number of aromatic nitrogens is 3. The first-order chi connectivity index (χ1) is 34.8. The third kappa shape index (κ3) is 5.60. The summed E-state index contributed by atoms with van der Waals surface area (Å²) in [7, 11) is 0. The Kier molecular flexibility index (Phi) is 8.36. The third-order valence-electron chi connectivity index (χ3n) is 14.8. The fourth-order valence-corrected chi connectivity index (χ4v) is 11.9. The van der Waals surface area contributed by atoms with E-state index in [1.807, 2.05) is 6.20 Å². The van der Waals surface area contributed by atoms with E-state index in [1.165, 1.54) is 55.0 Å². The fourth-order valence-electron chi connectivity index (χ4n) is 11.9. The van der Waals surface area contributed by atoms with Gasteiger partial charge < -0.3 is 14.0 Å². The van der Waals surface area contributed by atoms with Crippen LogP contribution in [-0.2, 0) is 0 Å². The molecule has 1 aliphatic heterocycles. The predicted molar refractivity (Wildman–Crippen MR) is 292 cm³/mol. The first kappa shape index (κ1) is 38.8. The van der Waals surface area contributed by atoms with E-state index in [0.717, 1.165) is 73.1 Å². The molecule has 12 aromatic rings. The molecule has 0 spiro atoms. The lowest BCUT2D eigenvalue weighted by Gasteiger charge is -2.36.